The minimum absolute atomic E-state index is 0.0107. The molecular weight excluding hydrogens is 179 g/mol. The highest BCUT2D eigenvalue weighted by Gasteiger charge is 2.14. The highest BCUT2D eigenvalue weighted by molar-refractivity contribution is 6.63. The molecule has 0 spiro atoms. The Morgan fingerprint density at radius 2 is 2.50 bits per heavy atom. The second kappa shape index (κ2) is 4.61. The predicted molar refractivity (Wildman–Crippen MR) is 46.6 cm³/mol. The van der Waals surface area contributed by atoms with E-state index >= 15 is 0 Å². The summed E-state index contributed by atoms with van der Waals surface area (Å²) in [5, 5.41) is -0.287. The van der Waals surface area contributed by atoms with Crippen LogP contribution >= 0.6 is 11.6 Å². The molecule has 0 aliphatic heterocycles. The molecule has 0 N–H and O–H groups in total. The molecule has 68 valence electrons. The van der Waals surface area contributed by atoms with E-state index in [1.807, 2.05) is 0 Å². The van der Waals surface area contributed by atoms with Crippen molar-refractivity contribution in [1.29, 1.82) is 0 Å². The SMILES string of the molecule is O=C(Cl)CCC1CC=C(F)CC1. The van der Waals surface area contributed by atoms with Gasteiger partial charge in [-0.2, -0.15) is 0 Å². The van der Waals surface area contributed by atoms with Gasteiger partial charge in [-0.15, -0.1) is 0 Å². The van der Waals surface area contributed by atoms with E-state index in [0.29, 0.717) is 18.8 Å². The first kappa shape index (κ1) is 9.72. The lowest BCUT2D eigenvalue weighted by atomic mass is 9.90. The highest BCUT2D eigenvalue weighted by Crippen LogP contribution is 2.27. The van der Waals surface area contributed by atoms with Gasteiger partial charge in [-0.3, -0.25) is 4.79 Å². The van der Waals surface area contributed by atoms with E-state index in [0.717, 1.165) is 19.3 Å². The van der Waals surface area contributed by atoms with E-state index in [2.05, 4.69) is 0 Å². The minimum atomic E-state index is -0.287. The van der Waals surface area contributed by atoms with Crippen LogP contribution in [0.2, 0.25) is 0 Å². The van der Waals surface area contributed by atoms with Crippen molar-refractivity contribution in [3.63, 3.8) is 0 Å². The van der Waals surface area contributed by atoms with Crippen LogP contribution in [0.4, 0.5) is 4.39 Å². The van der Waals surface area contributed by atoms with E-state index in [1.165, 1.54) is 0 Å². The quantitative estimate of drug-likeness (QED) is 0.625. The first-order valence-electron chi connectivity index (χ1n) is 4.21. The zero-order valence-electron chi connectivity index (χ0n) is 6.85. The van der Waals surface area contributed by atoms with Crippen molar-refractivity contribution in [2.24, 2.45) is 5.92 Å². The molecule has 1 aliphatic rings. The summed E-state index contributed by atoms with van der Waals surface area (Å²) in [6.07, 6.45) is 4.98. The molecule has 1 nitrogen and oxygen atoms in total. The number of carbonyl (C=O) groups excluding carboxylic acids is 1. The molecule has 1 unspecified atom stereocenters. The number of carbonyl (C=O) groups is 1. The molecule has 0 aromatic heterocycles. The van der Waals surface area contributed by atoms with Gasteiger partial charge in [0.25, 0.3) is 0 Å². The summed E-state index contributed by atoms with van der Waals surface area (Å²) in [7, 11) is 0. The number of rotatable bonds is 3. The maximum absolute atomic E-state index is 12.5. The molecule has 0 fully saturated rings. The summed E-state index contributed by atoms with van der Waals surface area (Å²) in [4.78, 5) is 10.4. The molecule has 1 atom stereocenters. The van der Waals surface area contributed by atoms with Crippen molar-refractivity contribution in [2.45, 2.75) is 32.1 Å². The Hall–Kier alpha value is -0.370. The van der Waals surface area contributed by atoms with Gasteiger partial charge >= 0.3 is 0 Å². The molecule has 3 heteroatoms. The molecule has 1 rings (SSSR count). The van der Waals surface area contributed by atoms with Crippen molar-refractivity contribution >= 4 is 16.8 Å². The molecule has 0 amide bonds. The van der Waals surface area contributed by atoms with Crippen LogP contribution in [0, 0.1) is 5.92 Å². The van der Waals surface area contributed by atoms with Crippen molar-refractivity contribution < 1.29 is 9.18 Å². The van der Waals surface area contributed by atoms with Crippen LogP contribution in [-0.2, 0) is 4.79 Å². The fourth-order valence-corrected chi connectivity index (χ4v) is 1.55. The van der Waals surface area contributed by atoms with Gasteiger partial charge in [0.15, 0.2) is 0 Å². The second-order valence-electron chi connectivity index (χ2n) is 3.19. The molecule has 0 radical (unpaired) electrons. The van der Waals surface area contributed by atoms with Gasteiger partial charge in [-0.05, 0) is 43.2 Å². The average molecular weight is 191 g/mol. The third kappa shape index (κ3) is 3.35. The van der Waals surface area contributed by atoms with E-state index in [9.17, 15) is 9.18 Å². The Bertz CT molecular complexity index is 201. The third-order valence-electron chi connectivity index (χ3n) is 2.21. The summed E-state index contributed by atoms with van der Waals surface area (Å²) in [6.45, 7) is 0. The van der Waals surface area contributed by atoms with Gasteiger partial charge in [-0.25, -0.2) is 4.39 Å². The fraction of sp³-hybridized carbons (Fsp3) is 0.667. The van der Waals surface area contributed by atoms with Gasteiger partial charge in [0.05, 0.1) is 5.83 Å². The van der Waals surface area contributed by atoms with E-state index in [-0.39, 0.29) is 11.1 Å². The smallest absolute Gasteiger partial charge is 0.221 e. The van der Waals surface area contributed by atoms with Crippen LogP contribution in [0.3, 0.4) is 0 Å². The molecule has 0 heterocycles. The monoisotopic (exact) mass is 190 g/mol. The maximum Gasteiger partial charge on any atom is 0.221 e. The second-order valence-corrected chi connectivity index (χ2v) is 3.61. The summed E-state index contributed by atoms with van der Waals surface area (Å²) in [5.74, 6) is 0.440. The van der Waals surface area contributed by atoms with Crippen molar-refractivity contribution in [1.82, 2.24) is 0 Å². The van der Waals surface area contributed by atoms with Crippen LogP contribution in [0.1, 0.15) is 32.1 Å². The van der Waals surface area contributed by atoms with Crippen molar-refractivity contribution in [3.8, 4) is 0 Å². The van der Waals surface area contributed by atoms with Crippen LogP contribution in [0.15, 0.2) is 11.9 Å². The zero-order chi connectivity index (χ0) is 8.97. The molecule has 0 saturated heterocycles. The Balaban J connectivity index is 2.23. The molecule has 0 aromatic carbocycles. The van der Waals surface area contributed by atoms with Gasteiger partial charge < -0.3 is 0 Å². The lowest BCUT2D eigenvalue weighted by Gasteiger charge is -2.17. The first-order chi connectivity index (χ1) is 5.68. The highest BCUT2D eigenvalue weighted by atomic mass is 35.5. The lowest BCUT2D eigenvalue weighted by Crippen LogP contribution is -2.05. The zero-order valence-corrected chi connectivity index (χ0v) is 7.61. The van der Waals surface area contributed by atoms with E-state index < -0.39 is 0 Å². The van der Waals surface area contributed by atoms with Crippen LogP contribution in [0.25, 0.3) is 0 Å². The van der Waals surface area contributed by atoms with Crippen molar-refractivity contribution in [2.75, 3.05) is 0 Å². The fourth-order valence-electron chi connectivity index (χ4n) is 1.44. The van der Waals surface area contributed by atoms with Gasteiger partial charge in [0.2, 0.25) is 5.24 Å². The lowest BCUT2D eigenvalue weighted by molar-refractivity contribution is -0.111. The van der Waals surface area contributed by atoms with Crippen LogP contribution in [-0.4, -0.2) is 5.24 Å². The topological polar surface area (TPSA) is 17.1 Å². The molecule has 0 aromatic rings. The summed E-state index contributed by atoms with van der Waals surface area (Å²) >= 11 is 5.20. The Morgan fingerprint density at radius 1 is 1.75 bits per heavy atom. The number of allylic oxidation sites excluding steroid dienone is 2. The maximum atomic E-state index is 12.5. The molecule has 0 bridgehead atoms. The standard InChI is InChI=1S/C9H12ClFO/c10-9(12)6-3-7-1-4-8(11)5-2-7/h4,7H,1-3,5-6H2. The number of hydrogen-bond acceptors (Lipinski definition) is 1. The molecule has 12 heavy (non-hydrogen) atoms. The number of halogens is 2. The number of hydrogen-bond donors (Lipinski definition) is 0. The van der Waals surface area contributed by atoms with Gasteiger partial charge in [0.1, 0.15) is 0 Å². The Morgan fingerprint density at radius 3 is 3.00 bits per heavy atom. The van der Waals surface area contributed by atoms with Crippen LogP contribution < -0.4 is 0 Å². The summed E-state index contributed by atoms with van der Waals surface area (Å²) in [6, 6.07) is 0. The third-order valence-corrected chi connectivity index (χ3v) is 2.40. The van der Waals surface area contributed by atoms with Gasteiger partial charge in [0, 0.05) is 6.42 Å². The average Bonchev–Trinajstić information content (AvgIpc) is 2.03. The molecular formula is C9H12ClFO. The summed E-state index contributed by atoms with van der Waals surface area (Å²) in [5.41, 5.74) is 0. The largest absolute Gasteiger partial charge is 0.281 e. The first-order valence-corrected chi connectivity index (χ1v) is 4.59. The molecule has 1 aliphatic carbocycles. The van der Waals surface area contributed by atoms with E-state index in [1.54, 1.807) is 6.08 Å². The predicted octanol–water partition coefficient (Wildman–Crippen LogP) is 3.19. The Kier molecular flexibility index (Phi) is 3.73. The van der Waals surface area contributed by atoms with Crippen LogP contribution in [0.5, 0.6) is 0 Å². The minimum Gasteiger partial charge on any atom is -0.281 e. The normalized spacial score (nSPS) is 23.5. The summed E-state index contributed by atoms with van der Waals surface area (Å²) < 4.78 is 12.5. The molecule has 0 saturated carbocycles. The van der Waals surface area contributed by atoms with E-state index in [4.69, 9.17) is 11.6 Å². The van der Waals surface area contributed by atoms with Gasteiger partial charge in [-0.1, -0.05) is 6.08 Å². The van der Waals surface area contributed by atoms with Crippen molar-refractivity contribution in [3.05, 3.63) is 11.9 Å². The Labute approximate surface area is 76.6 Å².